The van der Waals surface area contributed by atoms with Gasteiger partial charge in [0.25, 0.3) is 0 Å². The van der Waals surface area contributed by atoms with Crippen molar-refractivity contribution in [1.82, 2.24) is 100 Å². The number of nitrogens with one attached hydrogen (secondary N) is 20. The van der Waals surface area contributed by atoms with E-state index < -0.39 is 222 Å². The number of nitrogens with two attached hydrogens (primary N) is 6. The van der Waals surface area contributed by atoms with Crippen LogP contribution in [0.25, 0.3) is 10.9 Å². The number of carbonyl (C=O) groups is 17. The van der Waals surface area contributed by atoms with Crippen LogP contribution >= 0.6 is 0 Å². The van der Waals surface area contributed by atoms with Crippen LogP contribution in [0.5, 0.6) is 0 Å². The quantitative estimate of drug-likeness (QED) is 0.0160. The Morgan fingerprint density at radius 1 is 0.417 bits per heavy atom. The number of unbranched alkanes of at least 4 members (excludes halogenated alkanes) is 3. The first-order valence-corrected chi connectivity index (χ1v) is 48.5. The van der Waals surface area contributed by atoms with Crippen LogP contribution in [0.4, 0.5) is 0 Å². The van der Waals surface area contributed by atoms with E-state index in [0.29, 0.717) is 56.1 Å². The van der Waals surface area contributed by atoms with Crippen LogP contribution < -0.4 is 125 Å². The van der Waals surface area contributed by atoms with E-state index in [2.05, 4.69) is 95.4 Å². The number of fused-ring (bicyclic) bond motifs is 1. The number of H-pyrrole nitrogens is 1. The molecule has 0 radical (unpaired) electrons. The highest BCUT2D eigenvalue weighted by Gasteiger charge is 2.41. The lowest BCUT2D eigenvalue weighted by molar-refractivity contribution is -0.140. The normalized spacial score (nSPS) is 15.8. The van der Waals surface area contributed by atoms with E-state index in [0.717, 1.165) is 10.9 Å². The molecule has 17 atom stereocenters. The maximum Gasteiger partial charge on any atom is 0.322 e. The molecule has 1 saturated heterocycles. The van der Waals surface area contributed by atoms with Crippen molar-refractivity contribution in [3.05, 3.63) is 71.9 Å². The van der Waals surface area contributed by atoms with Crippen molar-refractivity contribution in [2.75, 3.05) is 52.4 Å². The summed E-state index contributed by atoms with van der Waals surface area (Å²) in [4.78, 5) is 246. The molecule has 4 rings (SSSR count). The number of hydrogen-bond donors (Lipinski definition) is 27. The number of aliphatic carboxylic acids is 1. The third-order valence-electron chi connectivity index (χ3n) is 24.1. The van der Waals surface area contributed by atoms with Crippen molar-refractivity contribution in [3.8, 4) is 0 Å². The van der Waals surface area contributed by atoms with Crippen molar-refractivity contribution >= 4 is 123 Å². The number of carboxylic acids is 1. The van der Waals surface area contributed by atoms with E-state index in [1.54, 1.807) is 98.8 Å². The third-order valence-corrected chi connectivity index (χ3v) is 24.1. The molecule has 2 aromatic carbocycles. The molecule has 776 valence electrons. The van der Waals surface area contributed by atoms with Gasteiger partial charge in [0.05, 0.1) is 12.6 Å². The van der Waals surface area contributed by atoms with E-state index in [4.69, 9.17) is 50.3 Å². The van der Waals surface area contributed by atoms with Gasteiger partial charge in [0.1, 0.15) is 91.1 Å². The number of likely N-dealkylation sites (tertiary alicyclic amines) is 1. The molecule has 139 heavy (non-hydrogen) atoms. The molecule has 1 fully saturated rings. The Labute approximate surface area is 814 Å². The Kier molecular flexibility index (Phi) is 53.2. The highest BCUT2D eigenvalue weighted by atomic mass is 16.4. The van der Waals surface area contributed by atoms with Gasteiger partial charge < -0.3 is 140 Å². The number of para-hydroxylation sites is 1. The summed E-state index contributed by atoms with van der Waals surface area (Å²) in [6.07, 6.45) is 4.94. The van der Waals surface area contributed by atoms with Crippen LogP contribution in [0.1, 0.15) is 216 Å². The summed E-state index contributed by atoms with van der Waals surface area (Å²) in [5.74, 6) is -16.6. The highest BCUT2D eigenvalue weighted by Crippen LogP contribution is 2.23. The fraction of sp³-hybridized carbons (Fsp3) is 0.649. The highest BCUT2D eigenvalue weighted by molar-refractivity contribution is 6.01. The molecule has 1 aliphatic rings. The fourth-order valence-electron chi connectivity index (χ4n) is 15.6. The molecule has 16 amide bonds. The molecule has 2 heterocycles. The van der Waals surface area contributed by atoms with Crippen LogP contribution in [0, 0.1) is 40.4 Å². The first-order chi connectivity index (χ1) is 65.9. The lowest BCUT2D eigenvalue weighted by atomic mass is 9.96. The van der Waals surface area contributed by atoms with Gasteiger partial charge in [0, 0.05) is 49.6 Å². The van der Waals surface area contributed by atoms with E-state index in [1.807, 2.05) is 31.2 Å². The van der Waals surface area contributed by atoms with Crippen molar-refractivity contribution < 1.29 is 86.6 Å². The number of rotatable bonds is 65. The maximum absolute atomic E-state index is 15.1. The average molecular weight is 1950 g/mol. The number of hydrogen-bond acceptors (Lipinski definition) is 23. The minimum absolute atomic E-state index is 0.00215. The summed E-state index contributed by atoms with van der Waals surface area (Å²) in [6, 6.07) is -3.77. The lowest BCUT2D eigenvalue weighted by Crippen LogP contribution is -2.62. The molecule has 0 aliphatic carbocycles. The summed E-state index contributed by atoms with van der Waals surface area (Å²) in [5.41, 5.74) is 37.1. The van der Waals surface area contributed by atoms with Crippen LogP contribution in [-0.4, -0.2) is 270 Å². The maximum atomic E-state index is 15.1. The minimum atomic E-state index is -1.49. The number of aromatic amines is 1. The first-order valence-electron chi connectivity index (χ1n) is 48.5. The van der Waals surface area contributed by atoms with Crippen LogP contribution in [-0.2, 0) is 94.3 Å². The van der Waals surface area contributed by atoms with Crippen molar-refractivity contribution in [3.63, 3.8) is 0 Å². The van der Waals surface area contributed by atoms with Gasteiger partial charge in [-0.25, -0.2) is 0 Å². The summed E-state index contributed by atoms with van der Waals surface area (Å²) >= 11 is 0. The van der Waals surface area contributed by atoms with Crippen molar-refractivity contribution in [2.45, 2.75) is 309 Å². The number of benzene rings is 2. The van der Waals surface area contributed by atoms with Crippen molar-refractivity contribution in [2.24, 2.45) is 64.0 Å². The molecule has 0 bridgehead atoms. The summed E-state index contributed by atoms with van der Waals surface area (Å²) < 4.78 is 0. The molecule has 45 nitrogen and oxygen atoms in total. The molecule has 1 aliphatic heterocycles. The molecule has 0 spiro atoms. The molecular formula is C94H157N27O18. The van der Waals surface area contributed by atoms with E-state index >= 15 is 14.4 Å². The Balaban J connectivity index is 1.62. The largest absolute Gasteiger partial charge is 0.480 e. The second-order valence-electron chi connectivity index (χ2n) is 36.9. The molecule has 45 heteroatoms. The number of carbonyl (C=O) groups excluding carboxylic acids is 16. The van der Waals surface area contributed by atoms with E-state index in [-0.39, 0.29) is 153 Å². The zero-order chi connectivity index (χ0) is 104. The summed E-state index contributed by atoms with van der Waals surface area (Å²) in [5, 5.41) is 71.2. The number of guanidine groups is 2. The molecule has 3 aromatic rings. The van der Waals surface area contributed by atoms with Gasteiger partial charge >= 0.3 is 5.97 Å². The molecule has 33 N–H and O–H groups in total. The smallest absolute Gasteiger partial charge is 0.322 e. The molecule has 1 aromatic heterocycles. The van der Waals surface area contributed by atoms with Gasteiger partial charge in [0.2, 0.25) is 94.5 Å². The minimum Gasteiger partial charge on any atom is -0.480 e. The van der Waals surface area contributed by atoms with Crippen LogP contribution in [0.15, 0.2) is 60.8 Å². The Bertz CT molecular complexity index is 4540. The molecular weight excluding hydrogens is 1800 g/mol. The Morgan fingerprint density at radius 2 is 0.806 bits per heavy atom. The number of nitrogens with zero attached hydrogens (tertiary/aromatic N) is 1. The topological polar surface area (TPSA) is 738 Å². The SMILES string of the molecule is CC[C@H](C)[C@H](N)C(=O)N[C@@H](C)C(=O)N[C@@H](Cc1c[nH]c2ccccc12)C(=O)N[C@H](C(=O)N[C@@H](CCCCN)C(=O)N[C@@H](C)C(=O)N[C@@H](Cc1ccccc1)C(=O)N[C@H](C(=O)N[C@@H](CCCNC(=N)N)C(=O)N[C@@H](CCCCN)C(=O)N[C@@H](CC(C)C)C(=O)N[C@@H](CCCNC(=N)N)C(=O)N[C@@H](CCCCN)C(=O)NCC(=O)N1CCC[C@H]1C(=O)N[C@@H](CC(C)C)C(=O)NCC(=O)O)[C@@H](C)CC)C(C)C. The lowest BCUT2D eigenvalue weighted by Gasteiger charge is -2.30. The predicted molar refractivity (Wildman–Crippen MR) is 525 cm³/mol. The van der Waals surface area contributed by atoms with Crippen LogP contribution in [0.3, 0.4) is 0 Å². The van der Waals surface area contributed by atoms with Crippen molar-refractivity contribution in [1.29, 1.82) is 10.8 Å². The van der Waals surface area contributed by atoms with Gasteiger partial charge in [-0.3, -0.25) is 92.3 Å². The van der Waals surface area contributed by atoms with Gasteiger partial charge in [0.15, 0.2) is 11.9 Å². The number of amides is 16. The zero-order valence-corrected chi connectivity index (χ0v) is 82.6. The molecule has 0 unspecified atom stereocenters. The van der Waals surface area contributed by atoms with Crippen LogP contribution in [0.2, 0.25) is 0 Å². The number of carboxylic acid groups (broad SMARTS) is 1. The number of aromatic nitrogens is 1. The standard InChI is InChI=1S/C94H157N27O18/c1-13-55(9)75(98)90(137)109-58(12)79(126)116-71(48-60-49-105-62-32-19-18-31-61(60)62)88(135)119-76(54(7)8)91(138)113-64(34-21-24-40-96)82(129)108-57(11)78(125)115-70(47-59-29-16-15-17-30-59)87(134)120-77(56(10)14-2)92(139)114-67(37-27-43-104-94(101)102)84(131)111-65(35-22-25-41-97)85(132)117-69(46-53(5)6)86(133)112-66(36-26-42-103-93(99)100)83(130)110-63(33-20-23-39-95)80(127)106-50-73(122)121-44-28-38-72(121)89(136)118-68(45-52(3)4)81(128)107-51-74(123)124/h15-19,29-32,49,52-58,63-72,75-77,105H,13-14,20-28,33-48,50-51,95-98H2,1-12H3,(H,106,127)(H,107,128)(H,108,129)(H,109,137)(H,110,130)(H,111,131)(H,112,133)(H,113,138)(H,114,139)(H,115,125)(H,116,126)(H,117,132)(H,118,136)(H,119,135)(H,120,134)(H,123,124)(H4,99,100,103)(H4,101,102,104)/t55-,56-,57-,58-,63-,64-,65-,66-,67-,68-,69-,70-,71-,72-,75-,76-,77-/m0/s1. The van der Waals surface area contributed by atoms with E-state index in [9.17, 15) is 67.1 Å². The Hall–Kier alpha value is -12.6. The zero-order valence-electron chi connectivity index (χ0n) is 82.6. The summed E-state index contributed by atoms with van der Waals surface area (Å²) in [7, 11) is 0. The van der Waals surface area contributed by atoms with Gasteiger partial charge in [-0.1, -0.05) is 131 Å². The molecule has 0 saturated carbocycles. The van der Waals surface area contributed by atoms with E-state index in [1.165, 1.54) is 18.7 Å². The van der Waals surface area contributed by atoms with Gasteiger partial charge in [-0.15, -0.1) is 0 Å². The first kappa shape index (κ1) is 119. The second kappa shape index (κ2) is 62.3. The predicted octanol–water partition coefficient (Wildman–Crippen LogP) is -2.32. The monoisotopic (exact) mass is 1950 g/mol. The van der Waals surface area contributed by atoms with Gasteiger partial charge in [-0.05, 0) is 189 Å². The third kappa shape index (κ3) is 42.3. The second-order valence-corrected chi connectivity index (χ2v) is 36.9. The summed E-state index contributed by atoms with van der Waals surface area (Å²) in [6.45, 7) is 19.8. The Morgan fingerprint density at radius 3 is 1.27 bits per heavy atom. The van der Waals surface area contributed by atoms with Gasteiger partial charge in [-0.2, -0.15) is 0 Å². The fourth-order valence-corrected chi connectivity index (χ4v) is 15.6. The average Bonchev–Trinajstić information content (AvgIpc) is 1.00.